The Morgan fingerprint density at radius 2 is 1.11 bits per heavy atom. The lowest BCUT2D eigenvalue weighted by molar-refractivity contribution is 0.0503. The van der Waals surface area contributed by atoms with Crippen LogP contribution in [0.2, 0.25) is 18.1 Å². The van der Waals surface area contributed by atoms with Gasteiger partial charge in [-0.3, -0.25) is 0 Å². The molecule has 0 aliphatic heterocycles. The number of hydrogen-bond donors (Lipinski definition) is 3. The van der Waals surface area contributed by atoms with E-state index in [2.05, 4.69) is 68.2 Å². The summed E-state index contributed by atoms with van der Waals surface area (Å²) in [5.74, 6) is 11.6. The first kappa shape index (κ1) is 48.7. The fourth-order valence-corrected chi connectivity index (χ4v) is 4.99. The third kappa shape index (κ3) is 20.3. The topological polar surface area (TPSA) is 125 Å². The van der Waals surface area contributed by atoms with Gasteiger partial charge < -0.3 is 39.1 Å². The van der Waals surface area contributed by atoms with Crippen LogP contribution < -0.4 is 20.1 Å². The van der Waals surface area contributed by atoms with E-state index in [1.54, 1.807) is 47.6 Å². The molecule has 0 saturated carbocycles. The molecule has 0 saturated heterocycles. The number of carbonyl (C=O) groups excluding carboxylic acids is 2. The molecule has 0 unspecified atom stereocenters. The molecule has 0 aromatic heterocycles. The molecule has 2 amide bonds. The van der Waals surface area contributed by atoms with Crippen molar-refractivity contribution < 1.29 is 46.8 Å². The minimum atomic E-state index is -1.87. The summed E-state index contributed by atoms with van der Waals surface area (Å²) in [6.45, 7) is 26.0. The summed E-state index contributed by atoms with van der Waals surface area (Å²) >= 11 is 0. The predicted octanol–water partition coefficient (Wildman–Crippen LogP) is 8.73. The Morgan fingerprint density at radius 1 is 0.709 bits per heavy atom. The number of hydrogen-bond acceptors (Lipinski definition) is 8. The highest BCUT2D eigenvalue weighted by molar-refractivity contribution is 6.74. The SMILES string of the molecule is CC[C@H](C#Cc1ccc(F)cc1OCCO)NC(=O)OC(C)(C)C.CC[C@H](C#Cc1ccc(F)cc1OCCO[Si](C)(C)C(C)(C)C)NC(=O)OC(C)(C)C. The fraction of sp³-hybridized carbons (Fsp3) is 0.571. The van der Waals surface area contributed by atoms with E-state index in [4.69, 9.17) is 28.5 Å². The molecule has 0 fully saturated rings. The quantitative estimate of drug-likeness (QED) is 0.111. The van der Waals surface area contributed by atoms with Crippen molar-refractivity contribution >= 4 is 20.5 Å². The number of benzene rings is 2. The molecule has 0 spiro atoms. The van der Waals surface area contributed by atoms with Crippen molar-refractivity contribution in [1.82, 2.24) is 10.6 Å². The van der Waals surface area contributed by atoms with Gasteiger partial charge in [-0.05, 0) is 96.8 Å². The molecular weight excluding hydrogens is 727 g/mol. The van der Waals surface area contributed by atoms with E-state index in [1.165, 1.54) is 30.3 Å². The van der Waals surface area contributed by atoms with E-state index in [9.17, 15) is 18.4 Å². The smallest absolute Gasteiger partial charge is 0.408 e. The first-order valence-electron chi connectivity index (χ1n) is 18.5. The van der Waals surface area contributed by atoms with Crippen molar-refractivity contribution in [2.24, 2.45) is 0 Å². The van der Waals surface area contributed by atoms with E-state index in [0.717, 1.165) is 0 Å². The highest BCUT2D eigenvalue weighted by atomic mass is 28.4. The van der Waals surface area contributed by atoms with Gasteiger partial charge >= 0.3 is 12.2 Å². The molecule has 306 valence electrons. The summed E-state index contributed by atoms with van der Waals surface area (Å²) < 4.78 is 54.7. The maximum absolute atomic E-state index is 13.8. The molecule has 2 aromatic rings. The van der Waals surface area contributed by atoms with E-state index in [0.29, 0.717) is 42.9 Å². The molecule has 0 aliphatic carbocycles. The molecule has 3 N–H and O–H groups in total. The second kappa shape index (κ2) is 22.3. The van der Waals surface area contributed by atoms with Crippen LogP contribution in [0, 0.1) is 35.3 Å². The van der Waals surface area contributed by atoms with E-state index >= 15 is 0 Å². The number of halogens is 2. The highest BCUT2D eigenvalue weighted by Crippen LogP contribution is 2.36. The average molecular weight is 789 g/mol. The van der Waals surface area contributed by atoms with Gasteiger partial charge in [0.25, 0.3) is 0 Å². The molecule has 55 heavy (non-hydrogen) atoms. The Hall–Kier alpha value is -4.30. The fourth-order valence-electron chi connectivity index (χ4n) is 3.97. The average Bonchev–Trinajstić information content (AvgIpc) is 3.05. The van der Waals surface area contributed by atoms with Crippen molar-refractivity contribution in [3.8, 4) is 35.2 Å². The van der Waals surface area contributed by atoms with Crippen LogP contribution in [0.1, 0.15) is 100 Å². The third-order valence-corrected chi connectivity index (χ3v) is 12.3. The molecule has 0 radical (unpaired) electrons. The second-order valence-corrected chi connectivity index (χ2v) is 20.9. The summed E-state index contributed by atoms with van der Waals surface area (Å²) in [6.07, 6.45) is 0.121. The number of aliphatic hydroxyl groups is 1. The van der Waals surface area contributed by atoms with Crippen molar-refractivity contribution in [2.45, 2.75) is 130 Å². The number of rotatable bonds is 12. The summed E-state index contributed by atoms with van der Waals surface area (Å²) in [6, 6.07) is 7.41. The number of aliphatic hydroxyl groups excluding tert-OH is 1. The Bertz CT molecular complexity index is 1660. The van der Waals surface area contributed by atoms with Gasteiger partial charge in [-0.25, -0.2) is 18.4 Å². The van der Waals surface area contributed by atoms with Crippen LogP contribution in [0.5, 0.6) is 11.5 Å². The first-order chi connectivity index (χ1) is 25.4. The molecule has 0 bridgehead atoms. The van der Waals surface area contributed by atoms with Gasteiger partial charge in [-0.15, -0.1) is 0 Å². The zero-order valence-electron chi connectivity index (χ0n) is 34.9. The molecule has 0 heterocycles. The highest BCUT2D eigenvalue weighted by Gasteiger charge is 2.37. The Labute approximate surface area is 328 Å². The molecule has 2 atom stereocenters. The van der Waals surface area contributed by atoms with Crippen LogP contribution in [0.15, 0.2) is 36.4 Å². The first-order valence-corrected chi connectivity index (χ1v) is 21.4. The van der Waals surface area contributed by atoms with Crippen LogP contribution in [0.25, 0.3) is 0 Å². The Balaban J connectivity index is 0.000000568. The monoisotopic (exact) mass is 788 g/mol. The molecule has 2 aromatic carbocycles. The normalized spacial score (nSPS) is 12.6. The molecular formula is C42H62F2N2O8Si. The van der Waals surface area contributed by atoms with Crippen molar-refractivity contribution in [3.05, 3.63) is 59.2 Å². The van der Waals surface area contributed by atoms with Crippen LogP contribution in [0.4, 0.5) is 18.4 Å². The van der Waals surface area contributed by atoms with Gasteiger partial charge in [0.15, 0.2) is 8.32 Å². The van der Waals surface area contributed by atoms with Gasteiger partial charge in [0.05, 0.1) is 36.4 Å². The number of amides is 2. The second-order valence-electron chi connectivity index (χ2n) is 16.1. The van der Waals surface area contributed by atoms with Gasteiger partial charge in [-0.2, -0.15) is 0 Å². The van der Waals surface area contributed by atoms with Crippen molar-refractivity contribution in [2.75, 3.05) is 26.4 Å². The van der Waals surface area contributed by atoms with Crippen LogP contribution in [0.3, 0.4) is 0 Å². The predicted molar refractivity (Wildman–Crippen MR) is 215 cm³/mol. The van der Waals surface area contributed by atoms with Crippen molar-refractivity contribution in [1.29, 1.82) is 0 Å². The van der Waals surface area contributed by atoms with Crippen molar-refractivity contribution in [3.63, 3.8) is 0 Å². The van der Waals surface area contributed by atoms with E-state index in [1.807, 2.05) is 13.8 Å². The lowest BCUT2D eigenvalue weighted by atomic mass is 10.1. The number of carbonyl (C=O) groups is 2. The molecule has 13 heteroatoms. The zero-order valence-corrected chi connectivity index (χ0v) is 35.9. The summed E-state index contributed by atoms with van der Waals surface area (Å²) in [5.41, 5.74) is -0.134. The lowest BCUT2D eigenvalue weighted by Gasteiger charge is -2.36. The van der Waals surface area contributed by atoms with E-state index in [-0.39, 0.29) is 24.0 Å². The summed E-state index contributed by atoms with van der Waals surface area (Å²) in [4.78, 5) is 23.8. The van der Waals surface area contributed by atoms with Crippen LogP contribution >= 0.6 is 0 Å². The largest absolute Gasteiger partial charge is 0.490 e. The van der Waals surface area contributed by atoms with Crippen LogP contribution in [-0.4, -0.2) is 75.3 Å². The summed E-state index contributed by atoms with van der Waals surface area (Å²) in [5, 5.41) is 14.3. The van der Waals surface area contributed by atoms with Gasteiger partial charge in [-0.1, -0.05) is 58.3 Å². The number of alkyl carbamates (subject to hydrolysis) is 2. The van der Waals surface area contributed by atoms with Gasteiger partial charge in [0, 0.05) is 12.1 Å². The van der Waals surface area contributed by atoms with Crippen LogP contribution in [-0.2, 0) is 13.9 Å². The van der Waals surface area contributed by atoms with E-state index < -0.39 is 55.4 Å². The standard InChI is InChI=1S/C24H38FNO4Si.C18H24FNO4/c1-10-20(26-22(27)30-23(2,3)4)14-12-18-11-13-19(25)17-21(18)28-15-16-29-31(8,9)24(5,6)7;1-5-15(20-17(22)24-18(2,3)4)9-7-13-6-8-14(19)12-16(13)23-11-10-21/h11,13,17,20H,10,15-16H2,1-9H3,(H,26,27);6,8,12,15,21H,5,10-11H2,1-4H3,(H,20,22)/t20-;15-/m11/s1. The Morgan fingerprint density at radius 3 is 1.45 bits per heavy atom. The molecule has 0 aliphatic rings. The lowest BCUT2D eigenvalue weighted by Crippen LogP contribution is -2.41. The zero-order chi connectivity index (χ0) is 42.0. The maximum atomic E-state index is 13.8. The molecule has 10 nitrogen and oxygen atoms in total. The Kier molecular flexibility index (Phi) is 19.8. The number of ether oxygens (including phenoxy) is 4. The van der Waals surface area contributed by atoms with Gasteiger partial charge in [0.2, 0.25) is 0 Å². The third-order valence-electron chi connectivity index (χ3n) is 7.81. The number of nitrogens with one attached hydrogen (secondary N) is 2. The minimum absolute atomic E-state index is 0.0471. The van der Waals surface area contributed by atoms with Gasteiger partial charge in [0.1, 0.15) is 47.5 Å². The summed E-state index contributed by atoms with van der Waals surface area (Å²) in [7, 11) is -1.87. The minimum Gasteiger partial charge on any atom is -0.490 e. The maximum Gasteiger partial charge on any atom is 0.408 e. The molecule has 2 rings (SSSR count).